The first kappa shape index (κ1) is 12.4. The minimum Gasteiger partial charge on any atom is -0.461 e. The van der Waals surface area contributed by atoms with Crippen molar-refractivity contribution in [2.75, 3.05) is 6.61 Å². The molecule has 1 heterocycles. The molecule has 0 aromatic carbocycles. The van der Waals surface area contributed by atoms with Gasteiger partial charge in [0.2, 0.25) is 4.34 Å². The summed E-state index contributed by atoms with van der Waals surface area (Å²) in [5, 5.41) is 0. The van der Waals surface area contributed by atoms with E-state index in [1.54, 1.807) is 13.8 Å². The van der Waals surface area contributed by atoms with Crippen molar-refractivity contribution in [3.63, 3.8) is 0 Å². The summed E-state index contributed by atoms with van der Waals surface area (Å²) in [4.78, 5) is 15.4. The molecule has 8 heteroatoms. The van der Waals surface area contributed by atoms with Crippen molar-refractivity contribution in [3.05, 3.63) is 10.6 Å². The van der Waals surface area contributed by atoms with Crippen molar-refractivity contribution in [2.45, 2.75) is 18.2 Å². The van der Waals surface area contributed by atoms with Gasteiger partial charge in [0.15, 0.2) is 5.69 Å². The van der Waals surface area contributed by atoms with Crippen molar-refractivity contribution in [2.24, 2.45) is 0 Å². The Morgan fingerprint density at radius 3 is 2.60 bits per heavy atom. The van der Waals surface area contributed by atoms with Crippen molar-refractivity contribution in [1.82, 2.24) is 4.98 Å². The Bertz CT molecular complexity index is 479. The Morgan fingerprint density at radius 1 is 1.60 bits per heavy atom. The van der Waals surface area contributed by atoms with Crippen LogP contribution in [0.5, 0.6) is 0 Å². The zero-order chi connectivity index (χ0) is 11.6. The maximum absolute atomic E-state index is 11.3. The molecule has 1 rings (SSSR count). The predicted octanol–water partition coefficient (Wildman–Crippen LogP) is 1.56. The van der Waals surface area contributed by atoms with Gasteiger partial charge in [0, 0.05) is 15.6 Å². The molecule has 0 atom stereocenters. The van der Waals surface area contributed by atoms with Crippen molar-refractivity contribution in [1.29, 1.82) is 0 Å². The minimum absolute atomic E-state index is 0.000995. The minimum atomic E-state index is -3.88. The summed E-state index contributed by atoms with van der Waals surface area (Å²) in [6.45, 7) is 3.44. The Labute approximate surface area is 95.5 Å². The highest BCUT2D eigenvalue weighted by Crippen LogP contribution is 2.24. The van der Waals surface area contributed by atoms with Gasteiger partial charge in [0.05, 0.1) is 6.61 Å². The van der Waals surface area contributed by atoms with E-state index in [0.717, 1.165) is 11.3 Å². The van der Waals surface area contributed by atoms with Gasteiger partial charge in [-0.1, -0.05) is 0 Å². The summed E-state index contributed by atoms with van der Waals surface area (Å²) < 4.78 is 26.3. The highest BCUT2D eigenvalue weighted by Gasteiger charge is 2.22. The molecule has 1 aromatic heterocycles. The molecule has 0 saturated heterocycles. The maximum Gasteiger partial charge on any atom is 0.358 e. The van der Waals surface area contributed by atoms with Gasteiger partial charge >= 0.3 is 5.97 Å². The van der Waals surface area contributed by atoms with E-state index >= 15 is 0 Å². The lowest BCUT2D eigenvalue weighted by atomic mass is 10.4. The Hall–Kier alpha value is -0.660. The van der Waals surface area contributed by atoms with Crippen LogP contribution >= 0.6 is 22.0 Å². The lowest BCUT2D eigenvalue weighted by Gasteiger charge is -1.97. The standard InChI is InChI=1S/C7H8ClNO4S2/c1-3-13-6(10)5-4(2)14-7(9-5)15(8,11)12/h3H2,1-2H3. The summed E-state index contributed by atoms with van der Waals surface area (Å²) >= 11 is 0.844. The first-order chi connectivity index (χ1) is 6.86. The number of hydrogen-bond donors (Lipinski definition) is 0. The summed E-state index contributed by atoms with van der Waals surface area (Å²) in [7, 11) is 1.21. The second-order valence-electron chi connectivity index (χ2n) is 2.54. The number of halogens is 1. The van der Waals surface area contributed by atoms with E-state index in [0.29, 0.717) is 4.88 Å². The molecule has 0 aliphatic carbocycles. The van der Waals surface area contributed by atoms with Crippen molar-refractivity contribution >= 4 is 37.0 Å². The molecule has 0 spiro atoms. The third-order valence-corrected chi connectivity index (χ3v) is 4.35. The molecule has 0 radical (unpaired) electrons. The lowest BCUT2D eigenvalue weighted by Crippen LogP contribution is -2.06. The fourth-order valence-electron chi connectivity index (χ4n) is 0.865. The number of carbonyl (C=O) groups is 1. The monoisotopic (exact) mass is 269 g/mol. The first-order valence-electron chi connectivity index (χ1n) is 3.95. The quantitative estimate of drug-likeness (QED) is 0.615. The zero-order valence-corrected chi connectivity index (χ0v) is 10.4. The average molecular weight is 270 g/mol. The van der Waals surface area contributed by atoms with Crippen molar-refractivity contribution < 1.29 is 17.9 Å². The second kappa shape index (κ2) is 4.46. The van der Waals surface area contributed by atoms with E-state index in [1.807, 2.05) is 0 Å². The molecular formula is C7H8ClNO4S2. The zero-order valence-electron chi connectivity index (χ0n) is 7.98. The van der Waals surface area contributed by atoms with E-state index in [1.165, 1.54) is 0 Å². The van der Waals surface area contributed by atoms with Crippen LogP contribution < -0.4 is 0 Å². The molecule has 0 N–H and O–H groups in total. The van der Waals surface area contributed by atoms with Crippen molar-refractivity contribution in [3.8, 4) is 0 Å². The van der Waals surface area contributed by atoms with Crippen LogP contribution in [0, 0.1) is 6.92 Å². The number of ether oxygens (including phenoxy) is 1. The molecule has 84 valence electrons. The summed E-state index contributed by atoms with van der Waals surface area (Å²) in [6.07, 6.45) is 0. The largest absolute Gasteiger partial charge is 0.461 e. The van der Waals surface area contributed by atoms with Crippen LogP contribution in [-0.2, 0) is 13.8 Å². The van der Waals surface area contributed by atoms with Gasteiger partial charge in [0.1, 0.15) is 0 Å². The highest BCUT2D eigenvalue weighted by atomic mass is 35.7. The number of esters is 1. The van der Waals surface area contributed by atoms with E-state index in [9.17, 15) is 13.2 Å². The molecule has 0 fully saturated rings. The molecule has 0 saturated carbocycles. The molecule has 0 bridgehead atoms. The topological polar surface area (TPSA) is 73.3 Å². The van der Waals surface area contributed by atoms with Crippen LogP contribution in [0.3, 0.4) is 0 Å². The van der Waals surface area contributed by atoms with Crippen LogP contribution in [0.2, 0.25) is 0 Å². The third kappa shape index (κ3) is 2.90. The van der Waals surface area contributed by atoms with Gasteiger partial charge in [-0.2, -0.15) is 0 Å². The predicted molar refractivity (Wildman–Crippen MR) is 55.8 cm³/mol. The van der Waals surface area contributed by atoms with Gasteiger partial charge in [-0.3, -0.25) is 0 Å². The van der Waals surface area contributed by atoms with Gasteiger partial charge in [0.25, 0.3) is 9.05 Å². The number of aryl methyl sites for hydroxylation is 1. The van der Waals surface area contributed by atoms with Crippen LogP contribution in [0.25, 0.3) is 0 Å². The Kier molecular flexibility index (Phi) is 3.69. The number of nitrogens with zero attached hydrogens (tertiary/aromatic N) is 1. The number of rotatable bonds is 3. The average Bonchev–Trinajstić information content (AvgIpc) is 2.47. The fourth-order valence-corrected chi connectivity index (χ4v) is 2.85. The van der Waals surface area contributed by atoms with E-state index in [-0.39, 0.29) is 16.6 Å². The molecule has 5 nitrogen and oxygen atoms in total. The number of carbonyl (C=O) groups excluding carboxylic acids is 1. The lowest BCUT2D eigenvalue weighted by molar-refractivity contribution is 0.0519. The molecule has 0 amide bonds. The van der Waals surface area contributed by atoms with Crippen LogP contribution in [0.4, 0.5) is 0 Å². The molecule has 0 unspecified atom stereocenters. The van der Waals surface area contributed by atoms with Gasteiger partial charge in [-0.25, -0.2) is 18.2 Å². The Balaban J connectivity index is 3.13. The fraction of sp³-hybridized carbons (Fsp3) is 0.429. The maximum atomic E-state index is 11.3. The summed E-state index contributed by atoms with van der Waals surface area (Å²) in [6, 6.07) is 0. The van der Waals surface area contributed by atoms with Gasteiger partial charge < -0.3 is 4.74 Å². The molecule has 15 heavy (non-hydrogen) atoms. The number of hydrogen-bond acceptors (Lipinski definition) is 6. The molecule has 0 aliphatic rings. The number of thiazole rings is 1. The molecule has 1 aromatic rings. The Morgan fingerprint density at radius 2 is 2.20 bits per heavy atom. The van der Waals surface area contributed by atoms with Gasteiger partial charge in [-0.15, -0.1) is 11.3 Å². The second-order valence-corrected chi connectivity index (χ2v) is 6.49. The van der Waals surface area contributed by atoms with Crippen LogP contribution in [-0.4, -0.2) is 26.0 Å². The highest BCUT2D eigenvalue weighted by molar-refractivity contribution is 8.14. The summed E-state index contributed by atoms with van der Waals surface area (Å²) in [5.74, 6) is -0.641. The van der Waals surface area contributed by atoms with E-state index in [4.69, 9.17) is 15.4 Å². The number of aromatic nitrogens is 1. The van der Waals surface area contributed by atoms with E-state index < -0.39 is 15.0 Å². The molecular weight excluding hydrogens is 262 g/mol. The van der Waals surface area contributed by atoms with Crippen LogP contribution in [0.1, 0.15) is 22.3 Å². The SMILES string of the molecule is CCOC(=O)c1nc(S(=O)(=O)Cl)sc1C. The summed E-state index contributed by atoms with van der Waals surface area (Å²) in [5.41, 5.74) is 0.000995. The van der Waals surface area contributed by atoms with Gasteiger partial charge in [-0.05, 0) is 13.8 Å². The normalized spacial score (nSPS) is 11.4. The first-order valence-corrected chi connectivity index (χ1v) is 7.08. The van der Waals surface area contributed by atoms with E-state index in [2.05, 4.69) is 4.98 Å². The third-order valence-electron chi connectivity index (χ3n) is 1.45. The smallest absolute Gasteiger partial charge is 0.358 e. The van der Waals surface area contributed by atoms with Crippen LogP contribution in [0.15, 0.2) is 4.34 Å². The molecule has 0 aliphatic heterocycles.